The van der Waals surface area contributed by atoms with Gasteiger partial charge in [-0.25, -0.2) is 4.98 Å². The first-order valence-corrected chi connectivity index (χ1v) is 5.79. The summed E-state index contributed by atoms with van der Waals surface area (Å²) < 4.78 is 0. The highest BCUT2D eigenvalue weighted by Gasteiger charge is 2.14. The van der Waals surface area contributed by atoms with E-state index in [4.69, 9.17) is 0 Å². The molecule has 3 nitrogen and oxygen atoms in total. The number of nitrogens with zero attached hydrogens (tertiary/aromatic N) is 1. The van der Waals surface area contributed by atoms with Crippen molar-refractivity contribution in [2.75, 3.05) is 17.7 Å². The molecule has 2 N–H and O–H groups in total. The fraction of sp³-hybridized carbons (Fsp3) is 0.583. The summed E-state index contributed by atoms with van der Waals surface area (Å²) >= 11 is 0. The second-order valence-corrected chi connectivity index (χ2v) is 4.13. The van der Waals surface area contributed by atoms with E-state index >= 15 is 0 Å². The molecule has 1 heterocycles. The average Bonchev–Trinajstić information content (AvgIpc) is 2.31. The lowest BCUT2D eigenvalue weighted by Gasteiger charge is -2.24. The van der Waals surface area contributed by atoms with Crippen LogP contribution in [0.4, 0.5) is 11.5 Å². The monoisotopic (exact) mass is 205 g/mol. The molecular weight excluding hydrogens is 186 g/mol. The quantitative estimate of drug-likeness (QED) is 0.796. The van der Waals surface area contributed by atoms with E-state index in [1.165, 1.54) is 32.1 Å². The van der Waals surface area contributed by atoms with Crippen LogP contribution in [0.5, 0.6) is 0 Å². The summed E-state index contributed by atoms with van der Waals surface area (Å²) in [6.07, 6.45) is 8.48. The lowest BCUT2D eigenvalue weighted by Crippen LogP contribution is -2.23. The number of hydrogen-bond donors (Lipinski definition) is 2. The predicted octanol–water partition coefficient (Wildman–Crippen LogP) is 2.87. The van der Waals surface area contributed by atoms with Crippen molar-refractivity contribution < 1.29 is 0 Å². The molecule has 0 saturated heterocycles. The minimum Gasteiger partial charge on any atom is -0.385 e. The molecule has 1 fully saturated rings. The molecule has 0 amide bonds. The Balaban J connectivity index is 2.02. The van der Waals surface area contributed by atoms with Gasteiger partial charge in [0.25, 0.3) is 0 Å². The molecule has 2 rings (SSSR count). The summed E-state index contributed by atoms with van der Waals surface area (Å²) in [7, 11) is 1.93. The summed E-state index contributed by atoms with van der Waals surface area (Å²) in [6.45, 7) is 0. The van der Waals surface area contributed by atoms with Crippen LogP contribution in [0.3, 0.4) is 0 Å². The first kappa shape index (κ1) is 10.3. The Bertz CT molecular complexity index is 305. The van der Waals surface area contributed by atoms with Gasteiger partial charge in [-0.15, -0.1) is 0 Å². The number of rotatable bonds is 3. The second-order valence-electron chi connectivity index (χ2n) is 4.13. The van der Waals surface area contributed by atoms with Crippen molar-refractivity contribution in [3.05, 3.63) is 18.3 Å². The summed E-state index contributed by atoms with van der Waals surface area (Å²) in [6, 6.07) is 4.62. The Morgan fingerprint density at radius 1 is 1.27 bits per heavy atom. The third-order valence-corrected chi connectivity index (χ3v) is 3.02. The molecule has 0 atom stereocenters. The van der Waals surface area contributed by atoms with Gasteiger partial charge >= 0.3 is 0 Å². The zero-order valence-electron chi connectivity index (χ0n) is 9.29. The van der Waals surface area contributed by atoms with Gasteiger partial charge in [-0.2, -0.15) is 0 Å². The molecule has 82 valence electrons. The van der Waals surface area contributed by atoms with Gasteiger partial charge in [0.2, 0.25) is 0 Å². The SMILES string of the molecule is CNc1cccnc1NC1CCCCC1. The van der Waals surface area contributed by atoms with Crippen molar-refractivity contribution in [2.45, 2.75) is 38.1 Å². The molecule has 0 unspecified atom stereocenters. The van der Waals surface area contributed by atoms with E-state index in [1.54, 1.807) is 0 Å². The number of nitrogens with one attached hydrogen (secondary N) is 2. The Kier molecular flexibility index (Phi) is 3.43. The van der Waals surface area contributed by atoms with Crippen molar-refractivity contribution in [1.29, 1.82) is 0 Å². The normalized spacial score (nSPS) is 17.4. The molecule has 1 saturated carbocycles. The maximum Gasteiger partial charge on any atom is 0.149 e. The van der Waals surface area contributed by atoms with Crippen LogP contribution in [0.1, 0.15) is 32.1 Å². The highest BCUT2D eigenvalue weighted by Crippen LogP contribution is 2.24. The largest absolute Gasteiger partial charge is 0.385 e. The number of anilines is 2. The molecule has 0 radical (unpaired) electrons. The summed E-state index contributed by atoms with van der Waals surface area (Å²) in [4.78, 5) is 4.37. The van der Waals surface area contributed by atoms with Crippen molar-refractivity contribution in [3.8, 4) is 0 Å². The molecule has 1 aliphatic rings. The average molecular weight is 205 g/mol. The molecule has 0 aromatic carbocycles. The first-order chi connectivity index (χ1) is 7.40. The Hall–Kier alpha value is -1.25. The van der Waals surface area contributed by atoms with Crippen LogP contribution in [-0.4, -0.2) is 18.1 Å². The number of hydrogen-bond acceptors (Lipinski definition) is 3. The zero-order chi connectivity index (χ0) is 10.5. The smallest absolute Gasteiger partial charge is 0.149 e. The predicted molar refractivity (Wildman–Crippen MR) is 64.3 cm³/mol. The van der Waals surface area contributed by atoms with E-state index in [-0.39, 0.29) is 0 Å². The molecule has 0 aliphatic heterocycles. The van der Waals surface area contributed by atoms with E-state index in [9.17, 15) is 0 Å². The van der Waals surface area contributed by atoms with Crippen molar-refractivity contribution in [2.24, 2.45) is 0 Å². The summed E-state index contributed by atoms with van der Waals surface area (Å²) in [5.74, 6) is 0.993. The fourth-order valence-electron chi connectivity index (χ4n) is 2.16. The second kappa shape index (κ2) is 5.01. The zero-order valence-corrected chi connectivity index (χ0v) is 9.29. The topological polar surface area (TPSA) is 37.0 Å². The Morgan fingerprint density at radius 3 is 2.80 bits per heavy atom. The standard InChI is InChI=1S/C12H19N3/c1-13-11-8-5-9-14-12(11)15-10-6-3-2-4-7-10/h5,8-10,13H,2-4,6-7H2,1H3,(H,14,15). The number of aromatic nitrogens is 1. The molecule has 0 bridgehead atoms. The maximum absolute atomic E-state index is 4.37. The van der Waals surface area contributed by atoms with Gasteiger partial charge in [-0.1, -0.05) is 19.3 Å². The van der Waals surface area contributed by atoms with Gasteiger partial charge < -0.3 is 10.6 Å². The third-order valence-electron chi connectivity index (χ3n) is 3.02. The van der Waals surface area contributed by atoms with E-state index in [0.717, 1.165) is 11.5 Å². The van der Waals surface area contributed by atoms with Gasteiger partial charge in [0.15, 0.2) is 0 Å². The van der Waals surface area contributed by atoms with E-state index < -0.39 is 0 Å². The van der Waals surface area contributed by atoms with E-state index in [0.29, 0.717) is 6.04 Å². The molecular formula is C12H19N3. The van der Waals surface area contributed by atoms with Crippen LogP contribution in [0.25, 0.3) is 0 Å². The summed E-state index contributed by atoms with van der Waals surface area (Å²) in [5, 5.41) is 6.69. The maximum atomic E-state index is 4.37. The van der Waals surface area contributed by atoms with Gasteiger partial charge in [-0.05, 0) is 25.0 Å². The van der Waals surface area contributed by atoms with Crippen LogP contribution in [-0.2, 0) is 0 Å². The highest BCUT2D eigenvalue weighted by atomic mass is 15.0. The molecule has 1 aliphatic carbocycles. The Morgan fingerprint density at radius 2 is 2.07 bits per heavy atom. The minimum atomic E-state index is 0.612. The van der Waals surface area contributed by atoms with Gasteiger partial charge in [0.05, 0.1) is 5.69 Å². The lowest BCUT2D eigenvalue weighted by molar-refractivity contribution is 0.462. The van der Waals surface area contributed by atoms with E-state index in [2.05, 4.69) is 21.7 Å². The van der Waals surface area contributed by atoms with Crippen molar-refractivity contribution >= 4 is 11.5 Å². The highest BCUT2D eigenvalue weighted by molar-refractivity contribution is 5.63. The molecule has 0 spiro atoms. The molecule has 1 aromatic rings. The lowest BCUT2D eigenvalue weighted by atomic mass is 9.95. The van der Waals surface area contributed by atoms with Crippen molar-refractivity contribution in [1.82, 2.24) is 4.98 Å². The van der Waals surface area contributed by atoms with Crippen LogP contribution in [0, 0.1) is 0 Å². The van der Waals surface area contributed by atoms with Gasteiger partial charge in [0, 0.05) is 19.3 Å². The van der Waals surface area contributed by atoms with Crippen molar-refractivity contribution in [3.63, 3.8) is 0 Å². The van der Waals surface area contributed by atoms with Crippen LogP contribution < -0.4 is 10.6 Å². The van der Waals surface area contributed by atoms with Crippen LogP contribution >= 0.6 is 0 Å². The molecule has 15 heavy (non-hydrogen) atoms. The number of pyridine rings is 1. The van der Waals surface area contributed by atoms with Gasteiger partial charge in [-0.3, -0.25) is 0 Å². The minimum absolute atomic E-state index is 0.612. The Labute approximate surface area is 91.3 Å². The molecule has 3 heteroatoms. The summed E-state index contributed by atoms with van der Waals surface area (Å²) in [5.41, 5.74) is 1.09. The van der Waals surface area contributed by atoms with E-state index in [1.807, 2.05) is 19.3 Å². The van der Waals surface area contributed by atoms with Crippen LogP contribution in [0.2, 0.25) is 0 Å². The third kappa shape index (κ3) is 2.61. The first-order valence-electron chi connectivity index (χ1n) is 5.79. The molecule has 1 aromatic heterocycles. The fourth-order valence-corrected chi connectivity index (χ4v) is 2.16. The van der Waals surface area contributed by atoms with Crippen LogP contribution in [0.15, 0.2) is 18.3 Å². The van der Waals surface area contributed by atoms with Gasteiger partial charge in [0.1, 0.15) is 5.82 Å².